The molecule has 224 valence electrons. The molecule has 0 aromatic rings. The van der Waals surface area contributed by atoms with Crippen LogP contribution in [0.3, 0.4) is 0 Å². The first kappa shape index (κ1) is 34.6. The lowest BCUT2D eigenvalue weighted by Gasteiger charge is -2.44. The van der Waals surface area contributed by atoms with Crippen LogP contribution in [0.5, 0.6) is 0 Å². The monoisotopic (exact) mass is 548 g/mol. The van der Waals surface area contributed by atoms with Crippen LogP contribution in [0.1, 0.15) is 104 Å². The molecule has 1 heterocycles. The van der Waals surface area contributed by atoms with Crippen molar-refractivity contribution in [1.82, 2.24) is 0 Å². The zero-order valence-electron chi connectivity index (χ0n) is 23.4. The summed E-state index contributed by atoms with van der Waals surface area (Å²) in [5, 5.41) is 61.2. The Morgan fingerprint density at radius 1 is 0.789 bits per heavy atom. The molecule has 4 atom stereocenters. The molecule has 0 saturated carbocycles. The third-order valence-corrected chi connectivity index (χ3v) is 7.05. The van der Waals surface area contributed by atoms with Crippen molar-refractivity contribution >= 4 is 5.97 Å². The number of esters is 1. The van der Waals surface area contributed by atoms with E-state index in [2.05, 4.69) is 13.8 Å². The number of rotatable bonds is 24. The predicted molar refractivity (Wildman–Crippen MR) is 142 cm³/mol. The van der Waals surface area contributed by atoms with Crippen molar-refractivity contribution in [2.75, 3.05) is 33.0 Å². The molecule has 1 aliphatic rings. The molecule has 0 aromatic heterocycles. The molecule has 0 bridgehead atoms. The molecular formula is C28H52O10. The molecule has 0 aliphatic carbocycles. The van der Waals surface area contributed by atoms with E-state index in [0.717, 1.165) is 64.2 Å². The van der Waals surface area contributed by atoms with E-state index in [4.69, 9.17) is 14.2 Å². The summed E-state index contributed by atoms with van der Waals surface area (Å²) in [5.74, 6) is -1.35. The van der Waals surface area contributed by atoms with E-state index in [1.165, 1.54) is 0 Å². The minimum absolute atomic E-state index is 0.170. The van der Waals surface area contributed by atoms with E-state index in [-0.39, 0.29) is 24.7 Å². The van der Waals surface area contributed by atoms with Crippen LogP contribution >= 0.6 is 0 Å². The summed E-state index contributed by atoms with van der Waals surface area (Å²) in [6.07, 6.45) is 7.97. The zero-order valence-corrected chi connectivity index (χ0v) is 23.4. The van der Waals surface area contributed by atoms with Gasteiger partial charge in [-0.1, -0.05) is 78.1 Å². The largest absolute Gasteiger partial charge is 0.490 e. The van der Waals surface area contributed by atoms with Gasteiger partial charge in [0.2, 0.25) is 11.4 Å². The van der Waals surface area contributed by atoms with Crippen molar-refractivity contribution < 1.29 is 49.6 Å². The minimum Gasteiger partial charge on any atom is -0.490 e. The number of hydrogen-bond donors (Lipinski definition) is 6. The number of ether oxygens (including phenoxy) is 3. The van der Waals surface area contributed by atoms with Crippen molar-refractivity contribution in [2.24, 2.45) is 0 Å². The van der Waals surface area contributed by atoms with E-state index in [0.29, 0.717) is 12.8 Å². The van der Waals surface area contributed by atoms with Crippen molar-refractivity contribution in [2.45, 2.75) is 127 Å². The van der Waals surface area contributed by atoms with Crippen LogP contribution in [0.2, 0.25) is 0 Å². The van der Waals surface area contributed by atoms with E-state index in [1.54, 1.807) is 0 Å². The highest BCUT2D eigenvalue weighted by Crippen LogP contribution is 2.47. The molecule has 1 rings (SSSR count). The topological polar surface area (TPSA) is 166 Å². The van der Waals surface area contributed by atoms with Crippen LogP contribution in [0.15, 0.2) is 11.5 Å². The van der Waals surface area contributed by atoms with Gasteiger partial charge < -0.3 is 44.8 Å². The molecule has 0 fully saturated rings. The Morgan fingerprint density at radius 2 is 1.29 bits per heavy atom. The molecular weight excluding hydrogens is 496 g/mol. The van der Waals surface area contributed by atoms with Crippen LogP contribution in [0.25, 0.3) is 0 Å². The summed E-state index contributed by atoms with van der Waals surface area (Å²) < 4.78 is 17.5. The smallest absolute Gasteiger partial charge is 0.378 e. The number of unbranched alkanes of at least 4 members (excludes halogenated alkanes) is 10. The van der Waals surface area contributed by atoms with Gasteiger partial charge in [-0.05, 0) is 12.8 Å². The Balaban J connectivity index is 3.25. The summed E-state index contributed by atoms with van der Waals surface area (Å²) in [7, 11) is 0. The maximum atomic E-state index is 13.1. The molecule has 0 radical (unpaired) electrons. The Bertz CT molecular complexity index is 685. The fourth-order valence-corrected chi connectivity index (χ4v) is 4.79. The maximum absolute atomic E-state index is 13.1. The second-order valence-electron chi connectivity index (χ2n) is 10.4. The fourth-order valence-electron chi connectivity index (χ4n) is 4.79. The molecule has 0 saturated heterocycles. The third kappa shape index (κ3) is 10.3. The lowest BCUT2D eigenvalue weighted by atomic mass is 9.74. The minimum atomic E-state index is -2.34. The normalized spacial score (nSPS) is 20.8. The molecule has 38 heavy (non-hydrogen) atoms. The summed E-state index contributed by atoms with van der Waals surface area (Å²) in [6, 6.07) is 0. The molecule has 0 aromatic carbocycles. The average molecular weight is 549 g/mol. The van der Waals surface area contributed by atoms with Crippen molar-refractivity contribution in [1.29, 1.82) is 0 Å². The zero-order chi connectivity index (χ0) is 28.4. The lowest BCUT2D eigenvalue weighted by molar-refractivity contribution is -0.212. The van der Waals surface area contributed by atoms with Crippen LogP contribution in [0, 0.1) is 0 Å². The highest BCUT2D eigenvalue weighted by Gasteiger charge is 2.64. The number of cyclic esters (lactones) is 1. The van der Waals surface area contributed by atoms with E-state index >= 15 is 0 Å². The molecule has 1 aliphatic heterocycles. The Kier molecular flexibility index (Phi) is 17.1. The summed E-state index contributed by atoms with van der Waals surface area (Å²) in [6.45, 7) is 2.25. The van der Waals surface area contributed by atoms with Gasteiger partial charge in [-0.3, -0.25) is 0 Å². The van der Waals surface area contributed by atoms with Gasteiger partial charge in [0.1, 0.15) is 5.60 Å². The molecule has 0 spiro atoms. The van der Waals surface area contributed by atoms with Gasteiger partial charge in [-0.15, -0.1) is 0 Å². The molecule has 0 amide bonds. The summed E-state index contributed by atoms with van der Waals surface area (Å²) in [4.78, 5) is 13.1. The van der Waals surface area contributed by atoms with Gasteiger partial charge in [-0.2, -0.15) is 0 Å². The van der Waals surface area contributed by atoms with Crippen LogP contribution < -0.4 is 0 Å². The number of aliphatic hydroxyl groups excluding tert-OH is 5. The van der Waals surface area contributed by atoms with Gasteiger partial charge in [0, 0.05) is 12.8 Å². The number of carbonyl (C=O) groups excluding carboxylic acids is 1. The number of carbonyl (C=O) groups is 1. The Morgan fingerprint density at radius 3 is 1.79 bits per heavy atom. The first-order valence-electron chi connectivity index (χ1n) is 14.4. The van der Waals surface area contributed by atoms with E-state index in [9.17, 15) is 35.4 Å². The lowest BCUT2D eigenvalue weighted by Crippen LogP contribution is -2.61. The predicted octanol–water partition coefficient (Wildman–Crippen LogP) is 2.46. The molecule has 2 unspecified atom stereocenters. The van der Waals surface area contributed by atoms with E-state index in [1.807, 2.05) is 0 Å². The van der Waals surface area contributed by atoms with Crippen molar-refractivity contribution in [3.63, 3.8) is 0 Å². The molecule has 10 heteroatoms. The summed E-state index contributed by atoms with van der Waals surface area (Å²) >= 11 is 0. The fraction of sp³-hybridized carbons (Fsp3) is 0.893. The van der Waals surface area contributed by atoms with Gasteiger partial charge in [0.05, 0.1) is 45.2 Å². The first-order chi connectivity index (χ1) is 18.2. The van der Waals surface area contributed by atoms with Gasteiger partial charge in [0.25, 0.3) is 0 Å². The van der Waals surface area contributed by atoms with Gasteiger partial charge in [0.15, 0.2) is 5.76 Å². The number of aliphatic hydroxyl groups is 6. The van der Waals surface area contributed by atoms with Crippen LogP contribution in [-0.4, -0.2) is 93.1 Å². The highest BCUT2D eigenvalue weighted by molar-refractivity contribution is 5.90. The van der Waals surface area contributed by atoms with Crippen LogP contribution in [0.4, 0.5) is 0 Å². The molecule has 6 N–H and O–H groups in total. The Hall–Kier alpha value is -1.43. The molecule has 10 nitrogen and oxygen atoms in total. The third-order valence-electron chi connectivity index (χ3n) is 7.05. The summed E-state index contributed by atoms with van der Waals surface area (Å²) in [5.41, 5.74) is -4.49. The maximum Gasteiger partial charge on any atom is 0.378 e. The van der Waals surface area contributed by atoms with E-state index < -0.39 is 62.0 Å². The number of hydrogen-bond acceptors (Lipinski definition) is 10. The van der Waals surface area contributed by atoms with Gasteiger partial charge >= 0.3 is 5.97 Å². The second-order valence-corrected chi connectivity index (χ2v) is 10.4. The Labute approximate surface area is 227 Å². The second kappa shape index (κ2) is 18.8. The first-order valence-corrected chi connectivity index (χ1v) is 14.4. The quantitative estimate of drug-likeness (QED) is 0.0779. The highest BCUT2D eigenvalue weighted by atomic mass is 16.6. The van der Waals surface area contributed by atoms with Gasteiger partial charge in [-0.25, -0.2) is 4.79 Å². The SMILES string of the molecule is CCCCCCCCOC1=C(OCCCCCCCC)[C@@](CC(O)CO)([C@@](O)(CO)CC(O)CO)OC1=O. The average Bonchev–Trinajstić information content (AvgIpc) is 3.18. The van der Waals surface area contributed by atoms with Crippen molar-refractivity contribution in [3.8, 4) is 0 Å². The standard InChI is InChI=1S/C28H52O10/c1-3-5-7-9-11-13-15-36-24-25(37-16-14-12-10-8-6-4-2)28(38-26(24)34,18-23(33)20-30)27(35,21-31)17-22(32)19-29/h22-23,29-33,35H,3-21H2,1-2H3/t22?,23?,27-,28-/m0/s1. The van der Waals surface area contributed by atoms with Crippen LogP contribution in [-0.2, 0) is 19.0 Å². The van der Waals surface area contributed by atoms with Crippen molar-refractivity contribution in [3.05, 3.63) is 11.5 Å².